The Labute approximate surface area is 226 Å². The molecule has 0 unspecified atom stereocenters. The van der Waals surface area contributed by atoms with Crippen molar-refractivity contribution in [3.63, 3.8) is 0 Å². The first-order valence-corrected chi connectivity index (χ1v) is 12.0. The van der Waals surface area contributed by atoms with Gasteiger partial charge in [0, 0.05) is 28.7 Å². The second kappa shape index (κ2) is 13.3. The molecule has 0 aliphatic rings. The van der Waals surface area contributed by atoms with Crippen LogP contribution in [-0.2, 0) is 4.79 Å². The number of alkyl halides is 2. The molecule has 5 heterocycles. The highest BCUT2D eigenvalue weighted by Crippen LogP contribution is 2.39. The molecule has 202 valence electrons. The molecular formula is C25H24F2N8O3S. The molecule has 39 heavy (non-hydrogen) atoms. The van der Waals surface area contributed by atoms with E-state index in [9.17, 15) is 8.78 Å². The summed E-state index contributed by atoms with van der Waals surface area (Å²) in [4.78, 5) is 39.0. The molecule has 0 amide bonds. The first-order chi connectivity index (χ1) is 18.9. The van der Waals surface area contributed by atoms with Crippen LogP contribution in [-0.4, -0.2) is 62.4 Å². The Balaban J connectivity index is 0.00000100. The van der Waals surface area contributed by atoms with Crippen LogP contribution in [0, 0.1) is 13.8 Å². The largest absolute Gasteiger partial charge is 0.494 e. The maximum atomic E-state index is 12.3. The van der Waals surface area contributed by atoms with Crippen LogP contribution < -0.4 is 15.2 Å². The van der Waals surface area contributed by atoms with Crippen molar-refractivity contribution in [1.82, 2.24) is 34.9 Å². The number of nitrogens with two attached hydrogens (primary N) is 1. The number of aryl methyl sites for hydroxylation is 2. The molecule has 14 heteroatoms. The molecule has 0 saturated heterocycles. The molecule has 0 aliphatic carbocycles. The van der Waals surface area contributed by atoms with E-state index in [0.29, 0.717) is 32.6 Å². The predicted molar refractivity (Wildman–Crippen MR) is 143 cm³/mol. The Morgan fingerprint density at radius 1 is 0.821 bits per heavy atom. The maximum absolute atomic E-state index is 12.3. The third-order valence-electron chi connectivity index (χ3n) is 5.01. The third kappa shape index (κ3) is 6.66. The normalized spacial score (nSPS) is 10.4. The van der Waals surface area contributed by atoms with Crippen molar-refractivity contribution in [2.24, 2.45) is 5.73 Å². The average molecular weight is 555 g/mol. The molecule has 0 aromatic carbocycles. The molecule has 0 radical (unpaired) electrons. The number of pyridine rings is 2. The number of nitrogens with zero attached hydrogens (tertiary/aromatic N) is 7. The monoisotopic (exact) mass is 554 g/mol. The Hall–Kier alpha value is -4.56. The lowest BCUT2D eigenvalue weighted by atomic mass is 10.0. The van der Waals surface area contributed by atoms with E-state index in [-0.39, 0.29) is 5.88 Å². The van der Waals surface area contributed by atoms with Crippen molar-refractivity contribution >= 4 is 28.6 Å². The zero-order valence-electron chi connectivity index (χ0n) is 21.4. The van der Waals surface area contributed by atoms with Gasteiger partial charge in [-0.05, 0) is 38.6 Å². The fraction of sp³-hybridized carbons (Fsp3) is 0.200. The molecule has 0 saturated carbocycles. The number of methoxy groups -OCH3 is 1. The standard InChI is InChI=1S/C23H17F2N7O2S.CH5N.CH2O/c1-11-4-13(14-5-12(2)27-9-18(14)33-3)15(6-26-11)21-32-20-22(35-21)31-17(8-30-20)16-7-29-19(10-28-16)34-23(24)25;2*1-2/h4-10,23H,1-3H3;2H2,1H3;1H2. The van der Waals surface area contributed by atoms with E-state index in [1.165, 1.54) is 30.8 Å². The van der Waals surface area contributed by atoms with Crippen LogP contribution in [0.2, 0.25) is 0 Å². The lowest BCUT2D eigenvalue weighted by Crippen LogP contribution is -2.04. The molecule has 5 rings (SSSR count). The van der Waals surface area contributed by atoms with Crippen molar-refractivity contribution in [2.45, 2.75) is 20.5 Å². The average Bonchev–Trinajstić information content (AvgIpc) is 3.38. The molecule has 2 N–H and O–H groups in total. The van der Waals surface area contributed by atoms with E-state index in [1.807, 2.05) is 32.8 Å². The number of hydrogen-bond acceptors (Lipinski definition) is 12. The van der Waals surface area contributed by atoms with Crippen LogP contribution in [0.4, 0.5) is 8.78 Å². The summed E-state index contributed by atoms with van der Waals surface area (Å²) >= 11 is 1.35. The zero-order chi connectivity index (χ0) is 28.5. The maximum Gasteiger partial charge on any atom is 0.388 e. The van der Waals surface area contributed by atoms with Crippen molar-refractivity contribution < 1.29 is 23.0 Å². The van der Waals surface area contributed by atoms with Crippen LogP contribution in [0.15, 0.2) is 43.1 Å². The smallest absolute Gasteiger partial charge is 0.388 e. The van der Waals surface area contributed by atoms with Crippen LogP contribution in [0.3, 0.4) is 0 Å². The van der Waals surface area contributed by atoms with Gasteiger partial charge < -0.3 is 20.0 Å². The number of hydrogen-bond donors (Lipinski definition) is 1. The molecule has 0 spiro atoms. The van der Waals surface area contributed by atoms with Gasteiger partial charge in [-0.1, -0.05) is 11.3 Å². The molecule has 11 nitrogen and oxygen atoms in total. The highest BCUT2D eigenvalue weighted by atomic mass is 32.1. The zero-order valence-corrected chi connectivity index (χ0v) is 22.2. The predicted octanol–water partition coefficient (Wildman–Crippen LogP) is 4.28. The SMILES string of the molecule is C=O.CN.COc1cnc(C)cc1-c1cc(C)ncc1-c1nc2ncc(-c3cnc(OC(F)F)cn3)nc2s1. The number of halogens is 2. The van der Waals surface area contributed by atoms with E-state index < -0.39 is 6.61 Å². The Morgan fingerprint density at radius 2 is 1.49 bits per heavy atom. The number of rotatable bonds is 6. The van der Waals surface area contributed by atoms with Gasteiger partial charge in [0.05, 0.1) is 31.9 Å². The van der Waals surface area contributed by atoms with Gasteiger partial charge in [0.2, 0.25) is 5.88 Å². The highest BCUT2D eigenvalue weighted by Gasteiger charge is 2.18. The Kier molecular flexibility index (Phi) is 9.89. The first-order valence-electron chi connectivity index (χ1n) is 11.2. The summed E-state index contributed by atoms with van der Waals surface area (Å²) in [5.41, 5.74) is 10.0. The summed E-state index contributed by atoms with van der Waals surface area (Å²) in [6.45, 7) is 2.86. The third-order valence-corrected chi connectivity index (χ3v) is 5.98. The van der Waals surface area contributed by atoms with Gasteiger partial charge in [0.25, 0.3) is 0 Å². The van der Waals surface area contributed by atoms with Crippen molar-refractivity contribution in [1.29, 1.82) is 0 Å². The second-order valence-corrected chi connectivity index (χ2v) is 8.40. The van der Waals surface area contributed by atoms with Gasteiger partial charge in [-0.25, -0.2) is 24.9 Å². The van der Waals surface area contributed by atoms with Gasteiger partial charge >= 0.3 is 6.61 Å². The molecule has 0 aliphatic heterocycles. The van der Waals surface area contributed by atoms with Gasteiger partial charge in [-0.15, -0.1) is 0 Å². The fourth-order valence-corrected chi connectivity index (χ4v) is 4.36. The van der Waals surface area contributed by atoms with Crippen LogP contribution in [0.25, 0.3) is 43.6 Å². The molecular weight excluding hydrogens is 530 g/mol. The van der Waals surface area contributed by atoms with Crippen molar-refractivity contribution in [3.05, 3.63) is 54.5 Å². The van der Waals surface area contributed by atoms with Gasteiger partial charge in [-0.2, -0.15) is 8.78 Å². The van der Waals surface area contributed by atoms with Gasteiger partial charge in [0.15, 0.2) is 10.5 Å². The quantitative estimate of drug-likeness (QED) is 0.320. The summed E-state index contributed by atoms with van der Waals surface area (Å²) in [5.74, 6) is 0.360. The number of fused-ring (bicyclic) bond motifs is 1. The Morgan fingerprint density at radius 3 is 2.13 bits per heavy atom. The van der Waals surface area contributed by atoms with Crippen molar-refractivity contribution in [2.75, 3.05) is 14.2 Å². The number of thiazole rings is 1. The fourth-order valence-electron chi connectivity index (χ4n) is 3.43. The minimum absolute atomic E-state index is 0.279. The van der Waals surface area contributed by atoms with E-state index in [1.54, 1.807) is 19.5 Å². The van der Waals surface area contributed by atoms with E-state index in [4.69, 9.17) is 9.53 Å². The second-order valence-electron chi connectivity index (χ2n) is 7.42. The van der Waals surface area contributed by atoms with Crippen molar-refractivity contribution in [3.8, 4) is 44.7 Å². The minimum Gasteiger partial charge on any atom is -0.494 e. The van der Waals surface area contributed by atoms with Crippen LogP contribution in [0.5, 0.6) is 11.6 Å². The minimum atomic E-state index is -2.97. The number of carbonyl (C=O) groups is 1. The highest BCUT2D eigenvalue weighted by molar-refractivity contribution is 7.21. The number of carbonyl (C=O) groups excluding carboxylic acids is 1. The summed E-state index contributed by atoms with van der Waals surface area (Å²) in [7, 11) is 3.10. The summed E-state index contributed by atoms with van der Waals surface area (Å²) in [6.07, 6.45) is 7.38. The van der Waals surface area contributed by atoms with E-state index in [2.05, 4.69) is 45.4 Å². The molecule has 5 aromatic heterocycles. The lowest BCUT2D eigenvalue weighted by Gasteiger charge is -2.12. The van der Waals surface area contributed by atoms with Gasteiger partial charge in [0.1, 0.15) is 28.9 Å². The summed E-state index contributed by atoms with van der Waals surface area (Å²) in [6, 6.07) is 3.93. The summed E-state index contributed by atoms with van der Waals surface area (Å²) < 4.78 is 34.5. The van der Waals surface area contributed by atoms with Crippen LogP contribution >= 0.6 is 11.3 Å². The number of ether oxygens (including phenoxy) is 2. The Bertz CT molecular complexity index is 1550. The van der Waals surface area contributed by atoms with Crippen LogP contribution in [0.1, 0.15) is 11.4 Å². The lowest BCUT2D eigenvalue weighted by molar-refractivity contribution is -0.0980. The first kappa shape index (κ1) is 29.0. The number of aromatic nitrogens is 7. The summed E-state index contributed by atoms with van der Waals surface area (Å²) in [5, 5.41) is 0.683. The van der Waals surface area contributed by atoms with E-state index >= 15 is 0 Å². The van der Waals surface area contributed by atoms with Gasteiger partial charge in [-0.3, -0.25) is 9.97 Å². The molecule has 0 fully saturated rings. The molecule has 5 aromatic rings. The van der Waals surface area contributed by atoms with E-state index in [0.717, 1.165) is 34.3 Å². The topological polar surface area (TPSA) is 152 Å². The molecule has 0 atom stereocenters. The molecule has 0 bridgehead atoms.